The number of carbonyl (C=O) groups excluding carboxylic acids is 2. The molecule has 0 aromatic rings. The van der Waals surface area contributed by atoms with Crippen molar-refractivity contribution in [1.29, 1.82) is 0 Å². The maximum absolute atomic E-state index is 12.3. The van der Waals surface area contributed by atoms with Gasteiger partial charge in [0.1, 0.15) is 18.8 Å². The Hall–Kier alpha value is -1.10. The van der Waals surface area contributed by atoms with Crippen LogP contribution in [0.3, 0.4) is 0 Å². The third-order valence-corrected chi connectivity index (χ3v) is 6.88. The van der Waals surface area contributed by atoms with Gasteiger partial charge in [0.25, 0.3) is 0 Å². The highest BCUT2D eigenvalue weighted by atomic mass is 16.6. The van der Waals surface area contributed by atoms with Gasteiger partial charge in [-0.3, -0.25) is 4.79 Å². The van der Waals surface area contributed by atoms with E-state index < -0.39 is 0 Å². The van der Waals surface area contributed by atoms with E-state index in [0.29, 0.717) is 18.3 Å². The maximum Gasteiger partial charge on any atom is 0.332 e. The molecule has 4 saturated carbocycles. The zero-order chi connectivity index (χ0) is 19.7. The van der Waals surface area contributed by atoms with E-state index in [9.17, 15) is 9.59 Å². The van der Waals surface area contributed by atoms with Gasteiger partial charge in [0.15, 0.2) is 0 Å². The first-order valence-electron chi connectivity index (χ1n) is 10.6. The number of rotatable bonds is 8. The van der Waals surface area contributed by atoms with Crippen LogP contribution in [-0.4, -0.2) is 37.4 Å². The fraction of sp³-hybridized carbons (Fsp3) is 0.909. The van der Waals surface area contributed by atoms with Crippen molar-refractivity contribution in [2.24, 2.45) is 29.1 Å². The zero-order valence-corrected chi connectivity index (χ0v) is 17.4. The van der Waals surface area contributed by atoms with Gasteiger partial charge in [0.2, 0.25) is 0 Å². The minimum atomic E-state index is -0.312. The van der Waals surface area contributed by atoms with Crippen LogP contribution >= 0.6 is 0 Å². The highest BCUT2D eigenvalue weighted by molar-refractivity contribution is 5.71. The van der Waals surface area contributed by atoms with E-state index in [1.165, 1.54) is 32.1 Å². The SMILES string of the molecule is CC(C)(C)CCC(=O)OCCOCC(=O)OC1(C)C2CC3CC(C2)CC1C3. The van der Waals surface area contributed by atoms with Crippen LogP contribution in [0.5, 0.6) is 0 Å². The summed E-state index contributed by atoms with van der Waals surface area (Å²) in [6.45, 7) is 8.76. The van der Waals surface area contributed by atoms with Crippen LogP contribution in [0.2, 0.25) is 0 Å². The molecular weight excluding hydrogens is 344 g/mol. The third kappa shape index (κ3) is 5.24. The fourth-order valence-electron chi connectivity index (χ4n) is 5.48. The fourth-order valence-corrected chi connectivity index (χ4v) is 5.48. The molecule has 4 bridgehead atoms. The van der Waals surface area contributed by atoms with E-state index in [1.54, 1.807) is 0 Å². The summed E-state index contributed by atoms with van der Waals surface area (Å²) in [4.78, 5) is 24.0. The summed E-state index contributed by atoms with van der Waals surface area (Å²) in [5.74, 6) is 2.23. The number of esters is 2. The highest BCUT2D eigenvalue weighted by Crippen LogP contribution is 2.59. The second-order valence-corrected chi connectivity index (χ2v) is 10.3. The Bertz CT molecular complexity index is 519. The lowest BCUT2D eigenvalue weighted by molar-refractivity contribution is -0.206. The summed E-state index contributed by atoms with van der Waals surface area (Å²) < 4.78 is 16.5. The van der Waals surface area contributed by atoms with Crippen LogP contribution in [0, 0.1) is 29.1 Å². The van der Waals surface area contributed by atoms with E-state index in [1.807, 2.05) is 0 Å². The van der Waals surface area contributed by atoms with E-state index in [4.69, 9.17) is 14.2 Å². The molecule has 0 saturated heterocycles. The van der Waals surface area contributed by atoms with Gasteiger partial charge in [-0.2, -0.15) is 0 Å². The highest BCUT2D eigenvalue weighted by Gasteiger charge is 2.56. The molecule has 4 aliphatic carbocycles. The lowest BCUT2D eigenvalue weighted by Crippen LogP contribution is -2.58. The van der Waals surface area contributed by atoms with Crippen LogP contribution in [0.4, 0.5) is 0 Å². The molecule has 4 rings (SSSR count). The van der Waals surface area contributed by atoms with E-state index in [-0.39, 0.29) is 42.8 Å². The van der Waals surface area contributed by atoms with Gasteiger partial charge in [0.05, 0.1) is 6.61 Å². The molecule has 27 heavy (non-hydrogen) atoms. The second-order valence-electron chi connectivity index (χ2n) is 10.3. The van der Waals surface area contributed by atoms with Crippen molar-refractivity contribution in [2.75, 3.05) is 19.8 Å². The molecule has 0 heterocycles. The molecular formula is C22H36O5. The standard InChI is InChI=1S/C22H36O5/c1-21(2,3)6-5-19(23)26-8-7-25-14-20(24)27-22(4)17-10-15-9-16(12-17)13-18(22)11-15/h15-18H,5-14H2,1-4H3. The quantitative estimate of drug-likeness (QED) is 0.468. The normalized spacial score (nSPS) is 34.5. The first kappa shape index (κ1) is 20.6. The van der Waals surface area contributed by atoms with Gasteiger partial charge in [-0.25, -0.2) is 4.79 Å². The maximum atomic E-state index is 12.3. The van der Waals surface area contributed by atoms with Crippen molar-refractivity contribution < 1.29 is 23.8 Å². The summed E-state index contributed by atoms with van der Waals surface area (Å²) >= 11 is 0. The molecule has 0 amide bonds. The minimum absolute atomic E-state index is 0.0680. The predicted molar refractivity (Wildman–Crippen MR) is 102 cm³/mol. The van der Waals surface area contributed by atoms with Gasteiger partial charge in [-0.15, -0.1) is 0 Å². The van der Waals surface area contributed by atoms with Gasteiger partial charge in [0, 0.05) is 6.42 Å². The number of hydrogen-bond donors (Lipinski definition) is 0. The Kier molecular flexibility index (Phi) is 6.19. The third-order valence-electron chi connectivity index (χ3n) is 6.88. The molecule has 0 aromatic heterocycles. The lowest BCUT2D eigenvalue weighted by Gasteiger charge is -2.59. The molecule has 0 atom stereocenters. The zero-order valence-electron chi connectivity index (χ0n) is 17.4. The van der Waals surface area contributed by atoms with Gasteiger partial charge >= 0.3 is 11.9 Å². The van der Waals surface area contributed by atoms with Crippen molar-refractivity contribution in [3.05, 3.63) is 0 Å². The first-order chi connectivity index (χ1) is 12.7. The van der Waals surface area contributed by atoms with Crippen molar-refractivity contribution in [3.8, 4) is 0 Å². The first-order valence-corrected chi connectivity index (χ1v) is 10.6. The number of carbonyl (C=O) groups is 2. The molecule has 0 spiro atoms. The molecule has 0 radical (unpaired) electrons. The molecule has 0 aromatic carbocycles. The van der Waals surface area contributed by atoms with E-state index in [2.05, 4.69) is 27.7 Å². The molecule has 4 aliphatic rings. The number of hydrogen-bond acceptors (Lipinski definition) is 5. The molecule has 154 valence electrons. The van der Waals surface area contributed by atoms with Crippen molar-refractivity contribution >= 4 is 11.9 Å². The molecule has 4 fully saturated rings. The average Bonchev–Trinajstić information content (AvgIpc) is 2.56. The monoisotopic (exact) mass is 380 g/mol. The summed E-state index contributed by atoms with van der Waals surface area (Å²) in [6, 6.07) is 0. The van der Waals surface area contributed by atoms with Crippen LogP contribution in [0.25, 0.3) is 0 Å². The van der Waals surface area contributed by atoms with Crippen molar-refractivity contribution in [1.82, 2.24) is 0 Å². The molecule has 0 unspecified atom stereocenters. The Morgan fingerprint density at radius 3 is 2.07 bits per heavy atom. The molecule has 5 nitrogen and oxygen atoms in total. The summed E-state index contributed by atoms with van der Waals surface area (Å²) in [7, 11) is 0. The van der Waals surface area contributed by atoms with Crippen LogP contribution in [0.1, 0.15) is 72.6 Å². The number of ether oxygens (including phenoxy) is 3. The largest absolute Gasteiger partial charge is 0.463 e. The lowest BCUT2D eigenvalue weighted by atomic mass is 9.50. The smallest absolute Gasteiger partial charge is 0.332 e. The van der Waals surface area contributed by atoms with Crippen LogP contribution in [0.15, 0.2) is 0 Å². The Morgan fingerprint density at radius 1 is 0.926 bits per heavy atom. The van der Waals surface area contributed by atoms with E-state index >= 15 is 0 Å². The average molecular weight is 381 g/mol. The Labute approximate surface area is 163 Å². The van der Waals surface area contributed by atoms with Crippen molar-refractivity contribution in [3.63, 3.8) is 0 Å². The summed E-state index contributed by atoms with van der Waals surface area (Å²) in [6.07, 6.45) is 7.43. The molecule has 0 aliphatic heterocycles. The van der Waals surface area contributed by atoms with Gasteiger partial charge in [-0.1, -0.05) is 20.8 Å². The van der Waals surface area contributed by atoms with Gasteiger partial charge < -0.3 is 14.2 Å². The van der Waals surface area contributed by atoms with Crippen LogP contribution < -0.4 is 0 Å². The Morgan fingerprint density at radius 2 is 1.52 bits per heavy atom. The summed E-state index contributed by atoms with van der Waals surface area (Å²) in [5, 5.41) is 0. The topological polar surface area (TPSA) is 61.8 Å². The molecule has 5 heteroatoms. The van der Waals surface area contributed by atoms with Crippen molar-refractivity contribution in [2.45, 2.75) is 78.2 Å². The van der Waals surface area contributed by atoms with E-state index in [0.717, 1.165) is 18.3 Å². The minimum Gasteiger partial charge on any atom is -0.463 e. The second kappa shape index (κ2) is 8.10. The predicted octanol–water partition coefficient (Wildman–Crippen LogP) is 4.13. The van der Waals surface area contributed by atoms with Crippen LogP contribution in [-0.2, 0) is 23.8 Å². The van der Waals surface area contributed by atoms with Gasteiger partial charge in [-0.05, 0) is 74.5 Å². The molecule has 0 N–H and O–H groups in total. The Balaban J connectivity index is 1.32. The summed E-state index contributed by atoms with van der Waals surface area (Å²) in [5.41, 5.74) is -0.194.